The average Bonchev–Trinajstić information content (AvgIpc) is 2.74. The van der Waals surface area contributed by atoms with E-state index in [4.69, 9.17) is 9.47 Å². The molecule has 3 rings (SSSR count). The van der Waals surface area contributed by atoms with E-state index in [1.54, 1.807) is 60.7 Å². The van der Waals surface area contributed by atoms with Crippen molar-refractivity contribution in [2.45, 2.75) is 26.2 Å². The first kappa shape index (κ1) is 19.4. The number of esters is 2. The van der Waals surface area contributed by atoms with Gasteiger partial charge in [-0.05, 0) is 66.4 Å². The van der Waals surface area contributed by atoms with Gasteiger partial charge in [-0.1, -0.05) is 44.2 Å². The second kappa shape index (κ2) is 9.00. The van der Waals surface area contributed by atoms with E-state index in [9.17, 15) is 9.59 Å². The summed E-state index contributed by atoms with van der Waals surface area (Å²) < 4.78 is 10.7. The number of carbonyl (C=O) groups excluding carboxylic acids is 2. The summed E-state index contributed by atoms with van der Waals surface area (Å²) in [6, 6.07) is 22.6. The predicted octanol–water partition coefficient (Wildman–Crippen LogP) is 5.64. The van der Waals surface area contributed by atoms with Gasteiger partial charge < -0.3 is 9.47 Å². The second-order valence-corrected chi connectivity index (χ2v) is 6.55. The van der Waals surface area contributed by atoms with Crippen LogP contribution in [0.5, 0.6) is 11.5 Å². The summed E-state index contributed by atoms with van der Waals surface area (Å²) in [5.74, 6) is 0.393. The summed E-state index contributed by atoms with van der Waals surface area (Å²) in [5, 5.41) is 0. The minimum Gasteiger partial charge on any atom is -0.423 e. The van der Waals surface area contributed by atoms with Crippen molar-refractivity contribution in [3.63, 3.8) is 0 Å². The fraction of sp³-hybridized carbons (Fsp3) is 0.167. The van der Waals surface area contributed by atoms with E-state index in [-0.39, 0.29) is 0 Å². The van der Waals surface area contributed by atoms with Crippen molar-refractivity contribution in [3.05, 3.63) is 95.6 Å². The highest BCUT2D eigenvalue weighted by Gasteiger charge is 2.12. The number of hydrogen-bond donors (Lipinski definition) is 0. The van der Waals surface area contributed by atoms with Gasteiger partial charge in [0.1, 0.15) is 11.5 Å². The van der Waals surface area contributed by atoms with Crippen LogP contribution in [0.1, 0.15) is 52.5 Å². The Bertz CT molecular complexity index is 929. The summed E-state index contributed by atoms with van der Waals surface area (Å²) in [7, 11) is 0. The average molecular weight is 374 g/mol. The second-order valence-electron chi connectivity index (χ2n) is 6.55. The van der Waals surface area contributed by atoms with E-state index in [1.807, 2.05) is 18.2 Å². The number of rotatable bonds is 6. The van der Waals surface area contributed by atoms with Gasteiger partial charge in [0.05, 0.1) is 11.1 Å². The molecule has 142 valence electrons. The van der Waals surface area contributed by atoms with Crippen LogP contribution < -0.4 is 9.47 Å². The van der Waals surface area contributed by atoms with Crippen molar-refractivity contribution in [2.75, 3.05) is 0 Å². The first-order chi connectivity index (χ1) is 13.6. The molecule has 0 spiro atoms. The monoisotopic (exact) mass is 374 g/mol. The fourth-order valence-electron chi connectivity index (χ4n) is 2.66. The van der Waals surface area contributed by atoms with Gasteiger partial charge in [-0.3, -0.25) is 0 Å². The van der Waals surface area contributed by atoms with E-state index in [1.165, 1.54) is 5.56 Å². The van der Waals surface area contributed by atoms with Crippen LogP contribution in [0.25, 0.3) is 0 Å². The lowest BCUT2D eigenvalue weighted by Gasteiger charge is -2.10. The Kier molecular flexibility index (Phi) is 6.22. The number of para-hydroxylation sites is 1. The van der Waals surface area contributed by atoms with Gasteiger partial charge in [0.2, 0.25) is 0 Å². The van der Waals surface area contributed by atoms with E-state index >= 15 is 0 Å². The zero-order chi connectivity index (χ0) is 19.9. The molecule has 0 fully saturated rings. The molecule has 0 heterocycles. The number of hydrogen-bond acceptors (Lipinski definition) is 4. The fourth-order valence-corrected chi connectivity index (χ4v) is 2.66. The maximum absolute atomic E-state index is 12.3. The van der Waals surface area contributed by atoms with Crippen LogP contribution in [0.4, 0.5) is 0 Å². The van der Waals surface area contributed by atoms with Crippen molar-refractivity contribution in [1.82, 2.24) is 0 Å². The number of benzene rings is 3. The molecule has 3 aromatic rings. The molecule has 3 aromatic carbocycles. The lowest BCUT2D eigenvalue weighted by atomic mass is 9.98. The molecule has 0 aliphatic heterocycles. The molecule has 0 amide bonds. The third-order valence-corrected chi connectivity index (χ3v) is 4.58. The van der Waals surface area contributed by atoms with E-state index in [0.717, 1.165) is 6.42 Å². The van der Waals surface area contributed by atoms with E-state index < -0.39 is 11.9 Å². The quantitative estimate of drug-likeness (QED) is 0.414. The summed E-state index contributed by atoms with van der Waals surface area (Å²) in [6.45, 7) is 4.28. The van der Waals surface area contributed by atoms with Crippen molar-refractivity contribution in [2.24, 2.45) is 0 Å². The van der Waals surface area contributed by atoms with Gasteiger partial charge in [-0.25, -0.2) is 9.59 Å². The third-order valence-electron chi connectivity index (χ3n) is 4.58. The zero-order valence-electron chi connectivity index (χ0n) is 15.9. The molecule has 0 saturated carbocycles. The molecule has 28 heavy (non-hydrogen) atoms. The molecule has 0 aliphatic carbocycles. The van der Waals surface area contributed by atoms with E-state index in [2.05, 4.69) is 13.8 Å². The van der Waals surface area contributed by atoms with Crippen LogP contribution in [-0.2, 0) is 0 Å². The first-order valence-electron chi connectivity index (χ1n) is 9.26. The topological polar surface area (TPSA) is 52.6 Å². The SMILES string of the molecule is CCC(C)c1ccc(C(=O)Oc2ccc(C(=O)Oc3ccccc3)cc2)cc1. The summed E-state index contributed by atoms with van der Waals surface area (Å²) >= 11 is 0. The summed E-state index contributed by atoms with van der Waals surface area (Å²) in [5.41, 5.74) is 2.06. The molecule has 0 radical (unpaired) electrons. The Morgan fingerprint density at radius 2 is 1.18 bits per heavy atom. The Hall–Kier alpha value is -3.40. The maximum atomic E-state index is 12.3. The van der Waals surface area contributed by atoms with Gasteiger partial charge in [0.15, 0.2) is 0 Å². The Morgan fingerprint density at radius 3 is 1.68 bits per heavy atom. The molecule has 4 heteroatoms. The molecule has 4 nitrogen and oxygen atoms in total. The van der Waals surface area contributed by atoms with Gasteiger partial charge in [0, 0.05) is 0 Å². The minimum atomic E-state index is -0.468. The molecule has 0 N–H and O–H groups in total. The largest absolute Gasteiger partial charge is 0.423 e. The highest BCUT2D eigenvalue weighted by molar-refractivity contribution is 5.92. The molecule has 1 atom stereocenters. The zero-order valence-corrected chi connectivity index (χ0v) is 15.9. The minimum absolute atomic E-state index is 0.368. The summed E-state index contributed by atoms with van der Waals surface area (Å²) in [4.78, 5) is 24.5. The van der Waals surface area contributed by atoms with Crippen LogP contribution in [0.2, 0.25) is 0 Å². The molecule has 0 saturated heterocycles. The van der Waals surface area contributed by atoms with E-state index in [0.29, 0.717) is 28.5 Å². The normalized spacial score (nSPS) is 11.5. The lowest BCUT2D eigenvalue weighted by molar-refractivity contribution is 0.0730. The maximum Gasteiger partial charge on any atom is 0.343 e. The van der Waals surface area contributed by atoms with Gasteiger partial charge in [-0.2, -0.15) is 0 Å². The lowest BCUT2D eigenvalue weighted by Crippen LogP contribution is -2.10. The van der Waals surface area contributed by atoms with Crippen LogP contribution in [0, 0.1) is 0 Å². The van der Waals surface area contributed by atoms with Crippen molar-refractivity contribution in [3.8, 4) is 11.5 Å². The highest BCUT2D eigenvalue weighted by atomic mass is 16.5. The molecular formula is C24H22O4. The van der Waals surface area contributed by atoms with Gasteiger partial charge in [-0.15, -0.1) is 0 Å². The number of ether oxygens (including phenoxy) is 2. The Balaban J connectivity index is 1.62. The standard InChI is InChI=1S/C24H22O4/c1-3-17(2)18-9-11-19(12-10-18)23(25)28-22-15-13-20(14-16-22)24(26)27-21-7-5-4-6-8-21/h4-17H,3H2,1-2H3. The van der Waals surface area contributed by atoms with Crippen LogP contribution in [0.15, 0.2) is 78.9 Å². The van der Waals surface area contributed by atoms with Crippen LogP contribution >= 0.6 is 0 Å². The van der Waals surface area contributed by atoms with Gasteiger partial charge >= 0.3 is 11.9 Å². The molecular weight excluding hydrogens is 352 g/mol. The summed E-state index contributed by atoms with van der Waals surface area (Å²) in [6.07, 6.45) is 1.04. The Morgan fingerprint density at radius 1 is 0.714 bits per heavy atom. The third kappa shape index (κ3) is 4.86. The smallest absolute Gasteiger partial charge is 0.343 e. The highest BCUT2D eigenvalue weighted by Crippen LogP contribution is 2.20. The van der Waals surface area contributed by atoms with Crippen molar-refractivity contribution < 1.29 is 19.1 Å². The Labute approximate surface area is 164 Å². The molecule has 0 aromatic heterocycles. The molecule has 1 unspecified atom stereocenters. The van der Waals surface area contributed by atoms with Crippen LogP contribution in [-0.4, -0.2) is 11.9 Å². The number of carbonyl (C=O) groups is 2. The van der Waals surface area contributed by atoms with Gasteiger partial charge in [0.25, 0.3) is 0 Å². The molecule has 0 aliphatic rings. The first-order valence-corrected chi connectivity index (χ1v) is 9.26. The van der Waals surface area contributed by atoms with Crippen LogP contribution in [0.3, 0.4) is 0 Å². The molecule has 0 bridgehead atoms. The van der Waals surface area contributed by atoms with Crippen molar-refractivity contribution in [1.29, 1.82) is 0 Å². The predicted molar refractivity (Wildman–Crippen MR) is 108 cm³/mol. The van der Waals surface area contributed by atoms with Crippen molar-refractivity contribution >= 4 is 11.9 Å².